The van der Waals surface area contributed by atoms with Gasteiger partial charge in [-0.2, -0.15) is 5.26 Å². The molecular weight excluding hydrogens is 340 g/mol. The second-order valence-electron chi connectivity index (χ2n) is 6.86. The van der Waals surface area contributed by atoms with E-state index in [4.69, 9.17) is 5.26 Å². The molecule has 2 N–H and O–H groups in total. The molecule has 2 aromatic carbocycles. The zero-order chi connectivity index (χ0) is 19.8. The summed E-state index contributed by atoms with van der Waals surface area (Å²) < 4.78 is 0. The molecule has 0 saturated carbocycles. The molecule has 1 atom stereocenters. The van der Waals surface area contributed by atoms with E-state index in [-0.39, 0.29) is 24.3 Å². The van der Waals surface area contributed by atoms with Crippen molar-refractivity contribution in [2.24, 2.45) is 5.92 Å². The predicted molar refractivity (Wildman–Crippen MR) is 108 cm³/mol. The van der Waals surface area contributed by atoms with Gasteiger partial charge in [-0.3, -0.25) is 9.59 Å². The summed E-state index contributed by atoms with van der Waals surface area (Å²) in [6.45, 7) is 2.48. The molecule has 142 valence electrons. The second-order valence-corrected chi connectivity index (χ2v) is 6.86. The summed E-state index contributed by atoms with van der Waals surface area (Å²) in [5.41, 5.74) is 1.72. The number of benzene rings is 2. The number of nitriles is 1. The van der Waals surface area contributed by atoms with Gasteiger partial charge in [0.2, 0.25) is 5.91 Å². The summed E-state index contributed by atoms with van der Waals surface area (Å²) in [5, 5.41) is 15.9. The average Bonchev–Trinajstić information content (AvgIpc) is 2.65. The van der Waals surface area contributed by atoms with Crippen LogP contribution in [0, 0.1) is 17.2 Å². The van der Waals surface area contributed by atoms with Crippen LogP contribution in [0.1, 0.15) is 30.1 Å². The van der Waals surface area contributed by atoms with Gasteiger partial charge >= 0.3 is 0 Å². The Hall–Kier alpha value is -3.07. The molecule has 0 saturated heterocycles. The lowest BCUT2D eigenvalue weighted by Crippen LogP contribution is -2.28. The monoisotopic (exact) mass is 366 g/mol. The van der Waals surface area contributed by atoms with Crippen LogP contribution < -0.4 is 15.5 Å². The Labute approximate surface area is 160 Å². The molecule has 0 aliphatic heterocycles. The largest absolute Gasteiger partial charge is 0.377 e. The van der Waals surface area contributed by atoms with Crippen LogP contribution in [-0.4, -0.2) is 39.0 Å². The molecule has 0 heterocycles. The number of hydrogen-bond donors (Lipinski definition) is 2. The van der Waals surface area contributed by atoms with Gasteiger partial charge in [-0.05, 0) is 29.9 Å². The number of hydrogen-bond acceptors (Lipinski definition) is 4. The number of amides is 2. The zero-order valence-corrected chi connectivity index (χ0v) is 16.1. The van der Waals surface area contributed by atoms with Crippen LogP contribution in [0.15, 0.2) is 36.4 Å². The summed E-state index contributed by atoms with van der Waals surface area (Å²) in [6, 6.07) is 13.6. The van der Waals surface area contributed by atoms with Crippen molar-refractivity contribution in [3.63, 3.8) is 0 Å². The van der Waals surface area contributed by atoms with Crippen molar-refractivity contribution in [3.8, 4) is 6.07 Å². The van der Waals surface area contributed by atoms with Crippen molar-refractivity contribution < 1.29 is 9.59 Å². The normalized spacial score (nSPS) is 11.5. The van der Waals surface area contributed by atoms with Gasteiger partial charge in [-0.1, -0.05) is 31.2 Å². The number of nitrogens with one attached hydrogen (secondary N) is 2. The molecule has 0 aliphatic carbocycles. The topological polar surface area (TPSA) is 85.2 Å². The molecule has 6 heteroatoms. The molecule has 0 spiro atoms. The third-order valence-corrected chi connectivity index (χ3v) is 4.45. The van der Waals surface area contributed by atoms with E-state index >= 15 is 0 Å². The Bertz CT molecular complexity index is 855. The molecule has 0 aliphatic rings. The van der Waals surface area contributed by atoms with Gasteiger partial charge in [0.15, 0.2) is 0 Å². The molecule has 0 bridgehead atoms. The van der Waals surface area contributed by atoms with Crippen LogP contribution in [0.2, 0.25) is 0 Å². The number of anilines is 1. The molecule has 0 radical (unpaired) electrons. The van der Waals surface area contributed by atoms with Gasteiger partial charge in [0.25, 0.3) is 5.91 Å². The molecule has 1 unspecified atom stereocenters. The Kier molecular flexibility index (Phi) is 7.18. The highest BCUT2D eigenvalue weighted by Crippen LogP contribution is 2.28. The van der Waals surface area contributed by atoms with Crippen LogP contribution in [-0.2, 0) is 4.79 Å². The first kappa shape index (κ1) is 20.2. The van der Waals surface area contributed by atoms with E-state index in [0.717, 1.165) is 16.5 Å². The fourth-order valence-electron chi connectivity index (χ4n) is 3.03. The summed E-state index contributed by atoms with van der Waals surface area (Å²) in [4.78, 5) is 26.3. The second kappa shape index (κ2) is 9.58. The fourth-order valence-corrected chi connectivity index (χ4v) is 3.03. The van der Waals surface area contributed by atoms with Crippen molar-refractivity contribution >= 4 is 28.3 Å². The summed E-state index contributed by atoms with van der Waals surface area (Å²) in [6.07, 6.45) is 1.04. The minimum atomic E-state index is -0.138. The van der Waals surface area contributed by atoms with Gasteiger partial charge < -0.3 is 15.5 Å². The summed E-state index contributed by atoms with van der Waals surface area (Å²) in [7, 11) is 3.96. The highest BCUT2D eigenvalue weighted by molar-refractivity contribution is 6.10. The average molecular weight is 366 g/mol. The van der Waals surface area contributed by atoms with Crippen molar-refractivity contribution in [1.82, 2.24) is 10.6 Å². The van der Waals surface area contributed by atoms with Crippen molar-refractivity contribution in [3.05, 3.63) is 42.0 Å². The number of fused-ring (bicyclic) bond motifs is 1. The maximum Gasteiger partial charge on any atom is 0.251 e. The Balaban J connectivity index is 1.98. The Morgan fingerprint density at radius 2 is 1.81 bits per heavy atom. The minimum absolute atomic E-state index is 0.0261. The Morgan fingerprint density at radius 1 is 1.11 bits per heavy atom. The van der Waals surface area contributed by atoms with E-state index < -0.39 is 0 Å². The number of carbonyl (C=O) groups is 2. The first-order valence-corrected chi connectivity index (χ1v) is 9.05. The van der Waals surface area contributed by atoms with Crippen LogP contribution in [0.25, 0.3) is 10.8 Å². The fraction of sp³-hybridized carbons (Fsp3) is 0.381. The third kappa shape index (κ3) is 5.45. The summed E-state index contributed by atoms with van der Waals surface area (Å²) >= 11 is 0. The molecule has 27 heavy (non-hydrogen) atoms. The number of nitrogens with zero attached hydrogens (tertiary/aromatic N) is 2. The van der Waals surface area contributed by atoms with E-state index in [1.807, 2.05) is 68.4 Å². The first-order valence-electron chi connectivity index (χ1n) is 9.05. The van der Waals surface area contributed by atoms with E-state index in [9.17, 15) is 9.59 Å². The van der Waals surface area contributed by atoms with E-state index in [1.54, 1.807) is 0 Å². The van der Waals surface area contributed by atoms with Gasteiger partial charge in [0.1, 0.15) is 6.54 Å². The lowest BCUT2D eigenvalue weighted by molar-refractivity contribution is -0.121. The lowest BCUT2D eigenvalue weighted by atomic mass is 10.0. The van der Waals surface area contributed by atoms with Crippen LogP contribution in [0.5, 0.6) is 0 Å². The number of rotatable bonds is 8. The molecule has 0 fully saturated rings. The van der Waals surface area contributed by atoms with Crippen molar-refractivity contribution in [2.45, 2.75) is 19.8 Å². The minimum Gasteiger partial charge on any atom is -0.377 e. The van der Waals surface area contributed by atoms with E-state index in [0.29, 0.717) is 24.9 Å². The zero-order valence-electron chi connectivity index (χ0n) is 16.1. The highest BCUT2D eigenvalue weighted by Gasteiger charge is 2.14. The molecule has 0 aromatic heterocycles. The van der Waals surface area contributed by atoms with Crippen molar-refractivity contribution in [2.75, 3.05) is 32.1 Å². The maximum atomic E-state index is 12.6. The van der Waals surface area contributed by atoms with Crippen LogP contribution in [0.3, 0.4) is 0 Å². The third-order valence-electron chi connectivity index (χ3n) is 4.45. The SMILES string of the molecule is CC(CCNC(=O)c1ccc(N(C)C)c2ccccc12)CC(=O)NCC#N. The first-order chi connectivity index (χ1) is 12.9. The van der Waals surface area contributed by atoms with Crippen molar-refractivity contribution in [1.29, 1.82) is 5.26 Å². The van der Waals surface area contributed by atoms with Gasteiger partial charge in [0.05, 0.1) is 6.07 Å². The molecule has 6 nitrogen and oxygen atoms in total. The summed E-state index contributed by atoms with van der Waals surface area (Å²) in [5.74, 6) is -0.130. The molecule has 2 rings (SSSR count). The lowest BCUT2D eigenvalue weighted by Gasteiger charge is -2.17. The molecule has 2 aromatic rings. The van der Waals surface area contributed by atoms with Crippen LogP contribution in [0.4, 0.5) is 5.69 Å². The number of carbonyl (C=O) groups excluding carboxylic acids is 2. The standard InChI is InChI=1S/C21H26N4O2/c1-15(14-20(26)23-13-11-22)10-12-24-21(27)18-8-9-19(25(2)3)17-7-5-4-6-16(17)18/h4-9,15H,10,12-14H2,1-3H3,(H,23,26)(H,24,27). The Morgan fingerprint density at radius 3 is 2.48 bits per heavy atom. The van der Waals surface area contributed by atoms with Gasteiger partial charge in [-0.15, -0.1) is 0 Å². The maximum absolute atomic E-state index is 12.6. The smallest absolute Gasteiger partial charge is 0.251 e. The van der Waals surface area contributed by atoms with E-state index in [2.05, 4.69) is 10.6 Å². The predicted octanol–water partition coefficient (Wildman–Crippen LogP) is 2.69. The molecule has 2 amide bonds. The quantitative estimate of drug-likeness (QED) is 0.704. The molecular formula is C21H26N4O2. The van der Waals surface area contributed by atoms with Crippen LogP contribution >= 0.6 is 0 Å². The van der Waals surface area contributed by atoms with Gasteiger partial charge in [-0.25, -0.2) is 0 Å². The van der Waals surface area contributed by atoms with E-state index in [1.165, 1.54) is 0 Å². The van der Waals surface area contributed by atoms with Gasteiger partial charge in [0, 0.05) is 43.7 Å². The highest BCUT2D eigenvalue weighted by atomic mass is 16.2.